The zero-order valence-electron chi connectivity index (χ0n) is 6.69. The van der Waals surface area contributed by atoms with Crippen molar-refractivity contribution < 1.29 is 9.90 Å². The lowest BCUT2D eigenvalue weighted by Gasteiger charge is -2.09. The summed E-state index contributed by atoms with van der Waals surface area (Å²) in [5, 5.41) is 10.00. The minimum atomic E-state index is -0.328. The maximum atomic E-state index is 11.2. The molecule has 0 saturated heterocycles. The van der Waals surface area contributed by atoms with Gasteiger partial charge in [-0.1, -0.05) is 6.07 Å². The average Bonchev–Trinajstić information content (AvgIpc) is 2.03. The third-order valence-corrected chi connectivity index (χ3v) is 1.41. The fraction of sp³-hybridized carbons (Fsp3) is 0.125. The van der Waals surface area contributed by atoms with Crippen LogP contribution in [0.4, 0.5) is 0 Å². The molecule has 0 heterocycles. The van der Waals surface area contributed by atoms with Crippen LogP contribution in [0, 0.1) is 0 Å². The molecule has 0 fully saturated rings. The zero-order chi connectivity index (χ0) is 9.14. The Morgan fingerprint density at radius 3 is 2.75 bits per heavy atom. The van der Waals surface area contributed by atoms with E-state index in [9.17, 15) is 4.79 Å². The van der Waals surface area contributed by atoms with Crippen molar-refractivity contribution in [2.75, 3.05) is 7.05 Å². The van der Waals surface area contributed by atoms with Crippen molar-refractivity contribution in [3.05, 3.63) is 29.8 Å². The molecule has 3 N–H and O–H groups in total. The molecule has 0 aliphatic rings. The number of carbonyl (C=O) groups is 1. The molecule has 64 valence electrons. The molecule has 0 atom stereocenters. The Hall–Kier alpha value is -1.55. The number of hydrazine groups is 1. The molecule has 0 aliphatic heterocycles. The molecule has 0 aliphatic carbocycles. The van der Waals surface area contributed by atoms with Gasteiger partial charge in [0.25, 0.3) is 5.91 Å². The van der Waals surface area contributed by atoms with E-state index in [0.29, 0.717) is 5.56 Å². The van der Waals surface area contributed by atoms with E-state index >= 15 is 0 Å². The predicted molar refractivity (Wildman–Crippen MR) is 44.4 cm³/mol. The highest BCUT2D eigenvalue weighted by Crippen LogP contribution is 2.11. The number of phenols is 1. The second kappa shape index (κ2) is 3.23. The van der Waals surface area contributed by atoms with Gasteiger partial charge in [-0.3, -0.25) is 9.80 Å². The smallest absolute Gasteiger partial charge is 0.267 e. The summed E-state index contributed by atoms with van der Waals surface area (Å²) in [7, 11) is 1.45. The number of hydrogen-bond donors (Lipinski definition) is 2. The summed E-state index contributed by atoms with van der Waals surface area (Å²) in [6.07, 6.45) is 0. The van der Waals surface area contributed by atoms with Gasteiger partial charge in [-0.05, 0) is 18.2 Å². The largest absolute Gasteiger partial charge is 0.508 e. The van der Waals surface area contributed by atoms with Gasteiger partial charge in [0.1, 0.15) is 5.75 Å². The van der Waals surface area contributed by atoms with Crippen LogP contribution in [-0.4, -0.2) is 23.1 Å². The summed E-state index contributed by atoms with van der Waals surface area (Å²) in [5.41, 5.74) is 0.375. The number of phenolic OH excluding ortho intramolecular Hbond substituents is 1. The van der Waals surface area contributed by atoms with Gasteiger partial charge in [-0.15, -0.1) is 0 Å². The lowest BCUT2D eigenvalue weighted by molar-refractivity contribution is 0.0795. The minimum Gasteiger partial charge on any atom is -0.508 e. The van der Waals surface area contributed by atoms with Crippen LogP contribution in [0.1, 0.15) is 10.4 Å². The predicted octanol–water partition coefficient (Wildman–Crippen LogP) is 0.338. The van der Waals surface area contributed by atoms with Crippen LogP contribution in [0.5, 0.6) is 5.75 Å². The van der Waals surface area contributed by atoms with Gasteiger partial charge < -0.3 is 5.11 Å². The molecule has 0 saturated carbocycles. The highest BCUT2D eigenvalue weighted by molar-refractivity contribution is 5.93. The number of aromatic hydroxyl groups is 1. The molecular weight excluding hydrogens is 156 g/mol. The number of amides is 1. The van der Waals surface area contributed by atoms with Crippen molar-refractivity contribution in [3.8, 4) is 5.75 Å². The Morgan fingerprint density at radius 1 is 1.58 bits per heavy atom. The lowest BCUT2D eigenvalue weighted by atomic mass is 10.2. The summed E-state index contributed by atoms with van der Waals surface area (Å²) in [4.78, 5) is 11.2. The molecule has 1 aromatic carbocycles. The summed E-state index contributed by atoms with van der Waals surface area (Å²) in [6, 6.07) is 6.04. The Labute approximate surface area is 70.2 Å². The van der Waals surface area contributed by atoms with Crippen LogP contribution in [-0.2, 0) is 0 Å². The number of carbonyl (C=O) groups excluding carboxylic acids is 1. The maximum absolute atomic E-state index is 11.2. The Kier molecular flexibility index (Phi) is 2.30. The van der Waals surface area contributed by atoms with Crippen molar-refractivity contribution in [2.24, 2.45) is 5.84 Å². The topological polar surface area (TPSA) is 66.6 Å². The molecule has 0 aromatic heterocycles. The van der Waals surface area contributed by atoms with E-state index in [0.717, 1.165) is 5.01 Å². The second-order valence-corrected chi connectivity index (χ2v) is 2.47. The zero-order valence-corrected chi connectivity index (χ0v) is 6.69. The first-order valence-electron chi connectivity index (χ1n) is 3.43. The van der Waals surface area contributed by atoms with Gasteiger partial charge in [-0.25, -0.2) is 5.84 Å². The molecule has 0 bridgehead atoms. The molecule has 1 rings (SSSR count). The van der Waals surface area contributed by atoms with Crippen molar-refractivity contribution in [3.63, 3.8) is 0 Å². The molecule has 4 nitrogen and oxygen atoms in total. The van der Waals surface area contributed by atoms with Gasteiger partial charge in [0.15, 0.2) is 0 Å². The van der Waals surface area contributed by atoms with E-state index in [-0.39, 0.29) is 11.7 Å². The second-order valence-electron chi connectivity index (χ2n) is 2.47. The SMILES string of the molecule is CN(N)C(=O)c1cccc(O)c1. The molecule has 1 amide bonds. The van der Waals surface area contributed by atoms with E-state index in [1.54, 1.807) is 12.1 Å². The van der Waals surface area contributed by atoms with Gasteiger partial charge in [0.05, 0.1) is 0 Å². The van der Waals surface area contributed by atoms with Crippen LogP contribution in [0.15, 0.2) is 24.3 Å². The fourth-order valence-electron chi connectivity index (χ4n) is 0.843. The standard InChI is InChI=1S/C8H10N2O2/c1-10(9)8(12)6-3-2-4-7(11)5-6/h2-5,11H,9H2,1H3. The number of nitrogens with two attached hydrogens (primary N) is 1. The third kappa shape index (κ3) is 1.73. The van der Waals surface area contributed by atoms with Crippen molar-refractivity contribution in [2.45, 2.75) is 0 Å². The van der Waals surface area contributed by atoms with Crippen molar-refractivity contribution >= 4 is 5.91 Å². The van der Waals surface area contributed by atoms with Gasteiger partial charge in [0, 0.05) is 12.6 Å². The molecule has 4 heteroatoms. The van der Waals surface area contributed by atoms with E-state index < -0.39 is 0 Å². The molecule has 1 aromatic rings. The lowest BCUT2D eigenvalue weighted by Crippen LogP contribution is -2.32. The van der Waals surface area contributed by atoms with Gasteiger partial charge in [0.2, 0.25) is 0 Å². The van der Waals surface area contributed by atoms with E-state index in [4.69, 9.17) is 10.9 Å². The van der Waals surface area contributed by atoms with Crippen molar-refractivity contribution in [1.29, 1.82) is 0 Å². The minimum absolute atomic E-state index is 0.0581. The summed E-state index contributed by atoms with van der Waals surface area (Å²) in [5.74, 6) is 4.95. The van der Waals surface area contributed by atoms with Crippen LogP contribution < -0.4 is 5.84 Å². The summed E-state index contributed by atoms with van der Waals surface area (Å²) >= 11 is 0. The average molecular weight is 166 g/mol. The van der Waals surface area contributed by atoms with Crippen LogP contribution in [0.25, 0.3) is 0 Å². The number of hydrogen-bond acceptors (Lipinski definition) is 3. The molecule has 0 unspecified atom stereocenters. The first-order chi connectivity index (χ1) is 5.61. The third-order valence-electron chi connectivity index (χ3n) is 1.41. The first kappa shape index (κ1) is 8.55. The van der Waals surface area contributed by atoms with Gasteiger partial charge in [-0.2, -0.15) is 0 Å². The summed E-state index contributed by atoms with van der Waals surface area (Å²) in [6.45, 7) is 0. The number of rotatable bonds is 1. The van der Waals surface area contributed by atoms with Crippen LogP contribution >= 0.6 is 0 Å². The highest BCUT2D eigenvalue weighted by Gasteiger charge is 2.07. The Balaban J connectivity index is 2.96. The Bertz CT molecular complexity index is 297. The van der Waals surface area contributed by atoms with E-state index in [2.05, 4.69) is 0 Å². The molecule has 0 spiro atoms. The Morgan fingerprint density at radius 2 is 2.25 bits per heavy atom. The van der Waals surface area contributed by atoms with Crippen LogP contribution in [0.3, 0.4) is 0 Å². The fourth-order valence-corrected chi connectivity index (χ4v) is 0.843. The molecular formula is C8H10N2O2. The maximum Gasteiger partial charge on any atom is 0.267 e. The molecule has 0 radical (unpaired) electrons. The normalized spacial score (nSPS) is 9.50. The quantitative estimate of drug-likeness (QED) is 0.359. The number of benzene rings is 1. The van der Waals surface area contributed by atoms with E-state index in [1.165, 1.54) is 19.2 Å². The summed E-state index contributed by atoms with van der Waals surface area (Å²) < 4.78 is 0. The van der Waals surface area contributed by atoms with Gasteiger partial charge >= 0.3 is 0 Å². The molecule has 12 heavy (non-hydrogen) atoms. The highest BCUT2D eigenvalue weighted by atomic mass is 16.3. The van der Waals surface area contributed by atoms with E-state index in [1.807, 2.05) is 0 Å². The van der Waals surface area contributed by atoms with Crippen molar-refractivity contribution in [1.82, 2.24) is 5.01 Å². The van der Waals surface area contributed by atoms with Crippen LogP contribution in [0.2, 0.25) is 0 Å². The first-order valence-corrected chi connectivity index (χ1v) is 3.43. The number of nitrogens with zero attached hydrogens (tertiary/aromatic N) is 1. The monoisotopic (exact) mass is 166 g/mol.